The van der Waals surface area contributed by atoms with Crippen molar-refractivity contribution in [3.05, 3.63) is 66.0 Å². The minimum atomic E-state index is -0.514. The summed E-state index contributed by atoms with van der Waals surface area (Å²) < 4.78 is 37.1. The SMILES string of the molecule is C#Cc1c(F)ccc2cc(O)cc(-c3cc4nc(OC[C@@]56CCCN5C/C(=C\F)C6)nc(N5[C@@H]6CC[C@H]5CNC6)c4n4ccnc34)c12. The fraction of sp³-hybridized carbons (Fsp3) is 0.361. The molecule has 2 aromatic carbocycles. The normalized spacial score (nSPS) is 25.0. The molecule has 3 aromatic heterocycles. The monoisotopic (exact) mass is 633 g/mol. The summed E-state index contributed by atoms with van der Waals surface area (Å²) in [6.07, 6.45) is 14.9. The van der Waals surface area contributed by atoms with Crippen LogP contribution in [0.15, 0.2) is 54.6 Å². The molecule has 4 saturated heterocycles. The van der Waals surface area contributed by atoms with Crippen LogP contribution in [0, 0.1) is 18.2 Å². The number of hydrogen-bond donors (Lipinski definition) is 2. The van der Waals surface area contributed by atoms with E-state index in [2.05, 4.69) is 21.0 Å². The van der Waals surface area contributed by atoms with Crippen LogP contribution in [-0.2, 0) is 0 Å². The topological polar surface area (TPSA) is 91.1 Å². The highest BCUT2D eigenvalue weighted by Gasteiger charge is 2.47. The summed E-state index contributed by atoms with van der Waals surface area (Å²) in [7, 11) is 0. The van der Waals surface area contributed by atoms with Gasteiger partial charge in [-0.1, -0.05) is 12.0 Å². The fourth-order valence-corrected chi connectivity index (χ4v) is 8.65. The number of ether oxygens (including phenoxy) is 1. The van der Waals surface area contributed by atoms with Crippen molar-refractivity contribution in [3.63, 3.8) is 0 Å². The lowest BCUT2D eigenvalue weighted by atomic mass is 9.94. The molecule has 0 radical (unpaired) electrons. The molecule has 9 rings (SSSR count). The first-order valence-corrected chi connectivity index (χ1v) is 16.2. The highest BCUT2D eigenvalue weighted by molar-refractivity contribution is 6.06. The van der Waals surface area contributed by atoms with E-state index < -0.39 is 5.82 Å². The minimum Gasteiger partial charge on any atom is -0.508 e. The van der Waals surface area contributed by atoms with Gasteiger partial charge < -0.3 is 20.1 Å². The number of nitrogens with one attached hydrogen (secondary N) is 1. The number of anilines is 1. The Morgan fingerprint density at radius 3 is 2.81 bits per heavy atom. The van der Waals surface area contributed by atoms with E-state index in [0.29, 0.717) is 52.6 Å². The first-order valence-electron chi connectivity index (χ1n) is 16.2. The maximum atomic E-state index is 15.1. The maximum Gasteiger partial charge on any atom is 0.319 e. The van der Waals surface area contributed by atoms with Crippen molar-refractivity contribution in [1.82, 2.24) is 29.6 Å². The number of phenols is 1. The summed E-state index contributed by atoms with van der Waals surface area (Å²) in [5, 5.41) is 15.5. The van der Waals surface area contributed by atoms with Gasteiger partial charge in [0.25, 0.3) is 0 Å². The average Bonchev–Trinajstić information content (AvgIpc) is 3.84. The van der Waals surface area contributed by atoms with Crippen molar-refractivity contribution in [1.29, 1.82) is 0 Å². The van der Waals surface area contributed by atoms with E-state index in [4.69, 9.17) is 26.1 Å². The van der Waals surface area contributed by atoms with Gasteiger partial charge in [0.15, 0.2) is 5.82 Å². The summed E-state index contributed by atoms with van der Waals surface area (Å²) in [6, 6.07) is 8.81. The Morgan fingerprint density at radius 2 is 2.00 bits per heavy atom. The summed E-state index contributed by atoms with van der Waals surface area (Å²) in [6.45, 7) is 3.60. The van der Waals surface area contributed by atoms with Crippen LogP contribution in [0.2, 0.25) is 0 Å². The molecular formula is C36H33F2N7O2. The number of aromatic nitrogens is 4. The zero-order chi connectivity index (χ0) is 31.9. The Bertz CT molecular complexity index is 2160. The molecular weight excluding hydrogens is 600 g/mol. The Labute approximate surface area is 269 Å². The molecule has 7 heterocycles. The van der Waals surface area contributed by atoms with Crippen LogP contribution < -0.4 is 15.0 Å². The number of terminal acetylenes is 1. The smallest absolute Gasteiger partial charge is 0.319 e. The van der Waals surface area contributed by atoms with Gasteiger partial charge >= 0.3 is 6.01 Å². The van der Waals surface area contributed by atoms with E-state index in [1.807, 2.05) is 16.7 Å². The minimum absolute atomic E-state index is 0.0234. The van der Waals surface area contributed by atoms with E-state index in [-0.39, 0.29) is 34.9 Å². The number of benzene rings is 2. The van der Waals surface area contributed by atoms with E-state index >= 15 is 4.39 Å². The predicted molar refractivity (Wildman–Crippen MR) is 176 cm³/mol. The van der Waals surface area contributed by atoms with Gasteiger partial charge in [0, 0.05) is 55.1 Å². The molecule has 47 heavy (non-hydrogen) atoms. The second-order valence-corrected chi connectivity index (χ2v) is 13.3. The molecule has 5 aromatic rings. The number of halogens is 2. The molecule has 4 aliphatic heterocycles. The van der Waals surface area contributed by atoms with Crippen LogP contribution in [0.5, 0.6) is 11.8 Å². The Balaban J connectivity index is 1.26. The quantitative estimate of drug-likeness (QED) is 0.251. The van der Waals surface area contributed by atoms with Crippen LogP contribution in [0.1, 0.15) is 37.7 Å². The van der Waals surface area contributed by atoms with E-state index in [1.54, 1.807) is 24.4 Å². The molecule has 0 unspecified atom stereocenters. The summed E-state index contributed by atoms with van der Waals surface area (Å²) in [4.78, 5) is 19.5. The second kappa shape index (κ2) is 10.6. The molecule has 0 spiro atoms. The lowest BCUT2D eigenvalue weighted by Crippen LogP contribution is -2.52. The molecule has 0 amide bonds. The molecule has 4 aliphatic rings. The van der Waals surface area contributed by atoms with Gasteiger partial charge in [-0.3, -0.25) is 9.30 Å². The van der Waals surface area contributed by atoms with Crippen molar-refractivity contribution in [2.45, 2.75) is 49.7 Å². The van der Waals surface area contributed by atoms with Gasteiger partial charge in [0.2, 0.25) is 0 Å². The number of fused-ring (bicyclic) bond motifs is 7. The lowest BCUT2D eigenvalue weighted by molar-refractivity contribution is 0.108. The number of imidazole rings is 1. The average molecular weight is 634 g/mol. The van der Waals surface area contributed by atoms with E-state index in [1.165, 1.54) is 6.07 Å². The molecule has 2 N–H and O–H groups in total. The first kappa shape index (κ1) is 28.4. The zero-order valence-electron chi connectivity index (χ0n) is 25.7. The van der Waals surface area contributed by atoms with Gasteiger partial charge in [0.1, 0.15) is 29.3 Å². The molecule has 0 saturated carbocycles. The molecule has 0 aliphatic carbocycles. The van der Waals surface area contributed by atoms with Crippen molar-refractivity contribution in [3.8, 4) is 35.2 Å². The third kappa shape index (κ3) is 4.31. The highest BCUT2D eigenvalue weighted by atomic mass is 19.1. The van der Waals surface area contributed by atoms with Crippen LogP contribution in [0.4, 0.5) is 14.6 Å². The predicted octanol–water partition coefficient (Wildman–Crippen LogP) is 5.33. The molecule has 11 heteroatoms. The Morgan fingerprint density at radius 1 is 1.15 bits per heavy atom. The van der Waals surface area contributed by atoms with Crippen LogP contribution >= 0.6 is 0 Å². The van der Waals surface area contributed by atoms with Crippen molar-refractivity contribution in [2.75, 3.05) is 37.7 Å². The second-order valence-electron chi connectivity index (χ2n) is 13.3. The summed E-state index contributed by atoms with van der Waals surface area (Å²) in [5.41, 5.74) is 3.84. The standard InChI is InChI=1S/C36H33F2N7O2/c1-2-26-29(38)7-4-22-12-25(46)13-27(31(22)26)28-14-30-32(44-11-9-40-33(28)44)34(45-23-5-6-24(45)18-39-17-23)42-35(41-30)47-20-36-8-3-10-43(36)19-21(15-36)16-37/h1,4,7,9,11-14,16,23-24,39,46H,3,5-6,8,10,15,17-20H2/b21-16-/t23-,24+,36-/m0/s1. The highest BCUT2D eigenvalue weighted by Crippen LogP contribution is 2.44. The molecule has 238 valence electrons. The fourth-order valence-electron chi connectivity index (χ4n) is 8.65. The maximum absolute atomic E-state index is 15.1. The van der Waals surface area contributed by atoms with Gasteiger partial charge in [-0.25, -0.2) is 13.8 Å². The van der Waals surface area contributed by atoms with Gasteiger partial charge in [-0.2, -0.15) is 9.97 Å². The van der Waals surface area contributed by atoms with Crippen LogP contribution in [0.3, 0.4) is 0 Å². The van der Waals surface area contributed by atoms with Crippen molar-refractivity contribution >= 4 is 33.3 Å². The van der Waals surface area contributed by atoms with Crippen molar-refractivity contribution < 1.29 is 18.6 Å². The number of piperazine rings is 1. The molecule has 9 nitrogen and oxygen atoms in total. The molecule has 4 fully saturated rings. The zero-order valence-corrected chi connectivity index (χ0v) is 25.7. The van der Waals surface area contributed by atoms with Crippen LogP contribution in [-0.4, -0.2) is 79.8 Å². The number of pyridine rings is 1. The summed E-state index contributed by atoms with van der Waals surface area (Å²) >= 11 is 0. The Kier molecular flexibility index (Phi) is 6.42. The van der Waals surface area contributed by atoms with Gasteiger partial charge in [-0.05, 0) is 79.4 Å². The third-order valence-corrected chi connectivity index (χ3v) is 10.7. The van der Waals surface area contributed by atoms with Gasteiger partial charge in [0.05, 0.1) is 22.9 Å². The number of hydrogen-bond acceptors (Lipinski definition) is 8. The molecule has 3 atom stereocenters. The van der Waals surface area contributed by atoms with Gasteiger partial charge in [-0.15, -0.1) is 6.42 Å². The van der Waals surface area contributed by atoms with Crippen molar-refractivity contribution in [2.24, 2.45) is 0 Å². The lowest BCUT2D eigenvalue weighted by Gasteiger charge is -2.37. The third-order valence-electron chi connectivity index (χ3n) is 10.7. The molecule has 2 bridgehead atoms. The number of aromatic hydroxyl groups is 1. The van der Waals surface area contributed by atoms with Crippen LogP contribution in [0.25, 0.3) is 38.6 Å². The number of rotatable bonds is 5. The van der Waals surface area contributed by atoms with E-state index in [0.717, 1.165) is 68.6 Å². The Hall–Kier alpha value is -4.79. The summed E-state index contributed by atoms with van der Waals surface area (Å²) in [5.74, 6) is 2.81. The largest absolute Gasteiger partial charge is 0.508 e. The number of nitrogens with zero attached hydrogens (tertiary/aromatic N) is 6. The number of phenolic OH excluding ortho intramolecular Hbond substituents is 1. The van der Waals surface area contributed by atoms with E-state index in [9.17, 15) is 9.50 Å². The first-order chi connectivity index (χ1) is 23.0.